The molecule has 25 heavy (non-hydrogen) atoms. The van der Waals surface area contributed by atoms with Crippen molar-refractivity contribution in [1.29, 1.82) is 5.26 Å². The van der Waals surface area contributed by atoms with Crippen molar-refractivity contribution in [2.24, 2.45) is 0 Å². The molecule has 1 aromatic heterocycles. The minimum Gasteiger partial charge on any atom is -0.339 e. The summed E-state index contributed by atoms with van der Waals surface area (Å²) in [6.07, 6.45) is 0. The summed E-state index contributed by atoms with van der Waals surface area (Å²) >= 11 is 3.33. The quantitative estimate of drug-likeness (QED) is 0.695. The van der Waals surface area contributed by atoms with E-state index in [2.05, 4.69) is 42.8 Å². The maximum absolute atomic E-state index is 12.2. The van der Waals surface area contributed by atoms with Gasteiger partial charge < -0.3 is 10.6 Å². The lowest BCUT2D eigenvalue weighted by molar-refractivity contribution is 0.102. The normalized spacial score (nSPS) is 9.92. The smallest absolute Gasteiger partial charge is 0.256 e. The van der Waals surface area contributed by atoms with Crippen LogP contribution in [0.25, 0.3) is 0 Å². The highest BCUT2D eigenvalue weighted by Crippen LogP contribution is 2.16. The minimum atomic E-state index is -0.261. The molecule has 0 atom stereocenters. The number of hydrogen-bond acceptors (Lipinski definition) is 5. The Hall–Kier alpha value is -3.24. The number of nitrogens with one attached hydrogen (secondary N) is 2. The van der Waals surface area contributed by atoms with Gasteiger partial charge in [0.15, 0.2) is 11.6 Å². The minimum absolute atomic E-state index is 0.261. The fraction of sp³-hybridized carbons (Fsp3) is 0. The Balaban J connectivity index is 1.65. The molecule has 3 rings (SSSR count). The first-order chi connectivity index (χ1) is 12.1. The summed E-state index contributed by atoms with van der Waals surface area (Å²) in [5.74, 6) is 0.629. The Morgan fingerprint density at radius 1 is 1.00 bits per heavy atom. The lowest BCUT2D eigenvalue weighted by Crippen LogP contribution is -2.13. The Kier molecular flexibility index (Phi) is 5.02. The summed E-state index contributed by atoms with van der Waals surface area (Å²) in [7, 11) is 0. The van der Waals surface area contributed by atoms with Crippen LogP contribution in [0.2, 0.25) is 0 Å². The van der Waals surface area contributed by atoms with Crippen LogP contribution in [-0.4, -0.2) is 16.1 Å². The van der Waals surface area contributed by atoms with Crippen LogP contribution in [0.1, 0.15) is 15.9 Å². The number of carbonyl (C=O) groups is 1. The summed E-state index contributed by atoms with van der Waals surface area (Å²) in [6, 6.07) is 19.5. The fourth-order valence-electron chi connectivity index (χ4n) is 2.06. The number of rotatable bonds is 4. The van der Waals surface area contributed by atoms with Crippen LogP contribution < -0.4 is 10.6 Å². The zero-order valence-corrected chi connectivity index (χ0v) is 14.5. The van der Waals surface area contributed by atoms with E-state index in [1.165, 1.54) is 0 Å². The van der Waals surface area contributed by atoms with Gasteiger partial charge in [0.25, 0.3) is 5.91 Å². The van der Waals surface area contributed by atoms with Gasteiger partial charge in [-0.1, -0.05) is 22.0 Å². The van der Waals surface area contributed by atoms with E-state index in [1.54, 1.807) is 54.6 Å². The van der Waals surface area contributed by atoms with Crippen molar-refractivity contribution < 1.29 is 4.79 Å². The van der Waals surface area contributed by atoms with Crippen molar-refractivity contribution in [2.75, 3.05) is 10.6 Å². The number of amides is 1. The first-order valence-corrected chi connectivity index (χ1v) is 8.11. The molecule has 0 unspecified atom stereocenters. The number of anilines is 3. The Morgan fingerprint density at radius 3 is 2.36 bits per heavy atom. The van der Waals surface area contributed by atoms with Crippen molar-refractivity contribution in [3.63, 3.8) is 0 Å². The van der Waals surface area contributed by atoms with Gasteiger partial charge in [0.1, 0.15) is 0 Å². The number of aromatic nitrogens is 2. The highest BCUT2D eigenvalue weighted by atomic mass is 79.9. The van der Waals surface area contributed by atoms with Crippen LogP contribution in [-0.2, 0) is 0 Å². The third-order valence-electron chi connectivity index (χ3n) is 3.28. The summed E-state index contributed by atoms with van der Waals surface area (Å²) in [5, 5.41) is 22.6. The number of nitriles is 1. The average Bonchev–Trinajstić information content (AvgIpc) is 2.64. The predicted octanol–water partition coefficient (Wildman–Crippen LogP) is 4.11. The molecular weight excluding hydrogens is 382 g/mol. The lowest BCUT2D eigenvalue weighted by atomic mass is 10.2. The van der Waals surface area contributed by atoms with Crippen LogP contribution >= 0.6 is 15.9 Å². The van der Waals surface area contributed by atoms with Crippen molar-refractivity contribution in [3.05, 3.63) is 76.3 Å². The van der Waals surface area contributed by atoms with Crippen molar-refractivity contribution in [1.82, 2.24) is 10.2 Å². The molecule has 0 aliphatic rings. The molecule has 0 bridgehead atoms. The third kappa shape index (κ3) is 4.40. The molecule has 122 valence electrons. The molecule has 0 fully saturated rings. The predicted molar refractivity (Wildman–Crippen MR) is 98.6 cm³/mol. The number of hydrogen-bond donors (Lipinski definition) is 2. The highest BCUT2D eigenvalue weighted by Gasteiger charge is 2.07. The molecule has 1 heterocycles. The molecule has 0 radical (unpaired) electrons. The zero-order valence-electron chi connectivity index (χ0n) is 12.9. The second kappa shape index (κ2) is 7.55. The maximum Gasteiger partial charge on any atom is 0.256 e. The van der Waals surface area contributed by atoms with Crippen molar-refractivity contribution >= 4 is 39.2 Å². The molecule has 0 spiro atoms. The standard InChI is InChI=1S/C18H12BrN5O/c19-14-3-1-2-13(10-14)18(25)22-17-9-8-16(23-24-17)21-15-6-4-12(11-20)5-7-15/h1-10H,(H,21,23)(H,22,24,25). The van der Waals surface area contributed by atoms with Crippen molar-refractivity contribution in [3.8, 4) is 6.07 Å². The highest BCUT2D eigenvalue weighted by molar-refractivity contribution is 9.10. The van der Waals surface area contributed by atoms with E-state index in [-0.39, 0.29) is 5.91 Å². The summed E-state index contributed by atoms with van der Waals surface area (Å²) in [5.41, 5.74) is 1.90. The molecule has 0 aliphatic carbocycles. The van der Waals surface area contributed by atoms with E-state index in [9.17, 15) is 4.79 Å². The zero-order chi connectivity index (χ0) is 17.6. The third-order valence-corrected chi connectivity index (χ3v) is 3.77. The molecule has 7 heteroatoms. The van der Waals surface area contributed by atoms with Crippen molar-refractivity contribution in [2.45, 2.75) is 0 Å². The average molecular weight is 394 g/mol. The van der Waals surface area contributed by atoms with E-state index < -0.39 is 0 Å². The fourth-order valence-corrected chi connectivity index (χ4v) is 2.46. The lowest BCUT2D eigenvalue weighted by Gasteiger charge is -2.07. The summed E-state index contributed by atoms with van der Waals surface area (Å²) < 4.78 is 0.827. The second-order valence-corrected chi connectivity index (χ2v) is 6.00. The Morgan fingerprint density at radius 2 is 1.72 bits per heavy atom. The maximum atomic E-state index is 12.2. The summed E-state index contributed by atoms with van der Waals surface area (Å²) in [6.45, 7) is 0. The van der Waals surface area contributed by atoms with E-state index in [1.807, 2.05) is 6.07 Å². The number of nitrogens with zero attached hydrogens (tertiary/aromatic N) is 3. The van der Waals surface area contributed by atoms with E-state index in [0.717, 1.165) is 10.2 Å². The molecular formula is C18H12BrN5O. The molecule has 1 amide bonds. The largest absolute Gasteiger partial charge is 0.339 e. The van der Waals surface area contributed by atoms with Gasteiger partial charge in [-0.15, -0.1) is 10.2 Å². The van der Waals surface area contributed by atoms with Gasteiger partial charge in [-0.05, 0) is 54.6 Å². The van der Waals surface area contributed by atoms with Gasteiger partial charge in [-0.25, -0.2) is 0 Å². The van der Waals surface area contributed by atoms with Crippen LogP contribution in [0, 0.1) is 11.3 Å². The van der Waals surface area contributed by atoms with Gasteiger partial charge in [0.05, 0.1) is 11.6 Å². The van der Waals surface area contributed by atoms with Gasteiger partial charge in [-0.3, -0.25) is 4.79 Å². The van der Waals surface area contributed by atoms with E-state index >= 15 is 0 Å². The van der Waals surface area contributed by atoms with E-state index in [4.69, 9.17) is 5.26 Å². The van der Waals surface area contributed by atoms with Gasteiger partial charge in [0, 0.05) is 15.7 Å². The van der Waals surface area contributed by atoms with Crippen LogP contribution in [0.4, 0.5) is 17.3 Å². The topological polar surface area (TPSA) is 90.7 Å². The molecule has 3 aromatic rings. The first-order valence-electron chi connectivity index (χ1n) is 7.32. The monoisotopic (exact) mass is 393 g/mol. The molecule has 6 nitrogen and oxygen atoms in total. The molecule has 0 saturated carbocycles. The van der Waals surface area contributed by atoms with Crippen LogP contribution in [0.15, 0.2) is 65.1 Å². The number of halogens is 1. The van der Waals surface area contributed by atoms with Crippen LogP contribution in [0.3, 0.4) is 0 Å². The molecule has 0 saturated heterocycles. The van der Waals surface area contributed by atoms with E-state index in [0.29, 0.717) is 22.8 Å². The molecule has 2 aromatic carbocycles. The molecule has 0 aliphatic heterocycles. The number of benzene rings is 2. The number of carbonyl (C=O) groups excluding carboxylic acids is 1. The SMILES string of the molecule is N#Cc1ccc(Nc2ccc(NC(=O)c3cccc(Br)c3)nn2)cc1. The Labute approximate surface area is 152 Å². The van der Waals surface area contributed by atoms with Crippen LogP contribution in [0.5, 0.6) is 0 Å². The summed E-state index contributed by atoms with van der Waals surface area (Å²) in [4.78, 5) is 12.2. The van der Waals surface area contributed by atoms with Gasteiger partial charge in [-0.2, -0.15) is 5.26 Å². The molecule has 2 N–H and O–H groups in total. The first kappa shape index (κ1) is 16.6. The Bertz CT molecular complexity index is 933. The van der Waals surface area contributed by atoms with Gasteiger partial charge >= 0.3 is 0 Å². The second-order valence-electron chi connectivity index (χ2n) is 5.08. The van der Waals surface area contributed by atoms with Gasteiger partial charge in [0.2, 0.25) is 0 Å².